The molecule has 0 aromatic rings. The van der Waals surface area contributed by atoms with Crippen molar-refractivity contribution in [2.24, 2.45) is 0 Å². The number of unbranched alkanes of at least 4 members (excludes halogenated alkanes) is 1. The molecule has 0 heterocycles. The molecule has 1 aliphatic carbocycles. The maximum absolute atomic E-state index is 3.55. The molecule has 0 spiro atoms. The number of hydrogen-bond acceptors (Lipinski definition) is 0. The molecule has 0 unspecified atom stereocenters. The molecule has 0 nitrogen and oxygen atoms in total. The second kappa shape index (κ2) is 8.38. The van der Waals surface area contributed by atoms with Crippen LogP contribution in [0.5, 0.6) is 0 Å². The minimum absolute atomic E-state index is 1.04. The molecule has 0 saturated heterocycles. The van der Waals surface area contributed by atoms with Crippen molar-refractivity contribution in [3.63, 3.8) is 0 Å². The van der Waals surface area contributed by atoms with E-state index >= 15 is 0 Å². The Balaban J connectivity index is 2.34. The molecule has 0 aromatic carbocycles. The first-order valence-electron chi connectivity index (χ1n) is 6.67. The van der Waals surface area contributed by atoms with Gasteiger partial charge in [-0.15, -0.1) is 0 Å². The molecular weight excluding hydrogens is 355 g/mol. The first kappa shape index (κ1) is 14.3. The summed E-state index contributed by atoms with van der Waals surface area (Å²) in [6, 6.07) is 0. The van der Waals surface area contributed by atoms with Gasteiger partial charge in [0.25, 0.3) is 0 Å². The van der Waals surface area contributed by atoms with Gasteiger partial charge in [0.1, 0.15) is 0 Å². The molecule has 89 valence electrons. The van der Waals surface area contributed by atoms with Crippen LogP contribution in [0.2, 0.25) is 12.3 Å². The summed E-state index contributed by atoms with van der Waals surface area (Å²) in [4.78, 5) is 0. The predicted molar refractivity (Wildman–Crippen MR) is 75.5 cm³/mol. The second-order valence-corrected chi connectivity index (χ2v) is 16.3. The van der Waals surface area contributed by atoms with Crippen molar-refractivity contribution in [2.45, 2.75) is 71.1 Å². The zero-order valence-corrected chi connectivity index (χ0v) is 14.8. The van der Waals surface area contributed by atoms with Crippen LogP contribution in [0, 0.1) is 0 Å². The molecule has 0 amide bonds. The van der Waals surface area contributed by atoms with E-state index in [9.17, 15) is 0 Å². The van der Waals surface area contributed by atoms with Crippen molar-refractivity contribution in [1.29, 1.82) is 0 Å². The normalized spacial score (nSPS) is 19.0. The van der Waals surface area contributed by atoms with Gasteiger partial charge < -0.3 is 0 Å². The molecule has 1 aliphatic rings. The molecule has 0 aromatic heterocycles. The predicted octanol–water partition coefficient (Wildman–Crippen LogP) is 5.40. The zero-order chi connectivity index (χ0) is 11.1. The minimum atomic E-state index is -1.04. The fourth-order valence-electron chi connectivity index (χ4n) is 2.86. The molecule has 1 rings (SSSR count). The van der Waals surface area contributed by atoms with Gasteiger partial charge in [0.05, 0.1) is 0 Å². The van der Waals surface area contributed by atoms with Crippen LogP contribution in [0.1, 0.15) is 58.8 Å². The number of alkyl halides is 1. The first-order chi connectivity index (χ1) is 7.25. The number of hydrogen-bond donors (Lipinski definition) is 0. The fraction of sp³-hybridized carbons (Fsp3) is 1.00. The van der Waals surface area contributed by atoms with Crippen molar-refractivity contribution in [1.82, 2.24) is 0 Å². The van der Waals surface area contributed by atoms with Crippen LogP contribution in [0.15, 0.2) is 0 Å². The van der Waals surface area contributed by atoms with Crippen LogP contribution in [-0.2, 0) is 0 Å². The molecular formula is C13H26BrSn. The summed E-state index contributed by atoms with van der Waals surface area (Å²) in [5.41, 5.74) is 0. The van der Waals surface area contributed by atoms with Crippen LogP contribution in [0.4, 0.5) is 0 Å². The third kappa shape index (κ3) is 5.43. The fourth-order valence-corrected chi connectivity index (χ4v) is 13.9. The van der Waals surface area contributed by atoms with Gasteiger partial charge in [0.15, 0.2) is 0 Å². The summed E-state index contributed by atoms with van der Waals surface area (Å²) in [6.45, 7) is 5.02. The van der Waals surface area contributed by atoms with Crippen molar-refractivity contribution in [3.05, 3.63) is 0 Å². The summed E-state index contributed by atoms with van der Waals surface area (Å²) >= 11 is 2.51. The average Bonchev–Trinajstić information content (AvgIpc) is 2.25. The Hall–Kier alpha value is 1.28. The summed E-state index contributed by atoms with van der Waals surface area (Å²) in [7, 11) is 0. The van der Waals surface area contributed by atoms with Crippen molar-refractivity contribution >= 4 is 35.7 Å². The molecule has 1 radical (unpaired) electrons. The van der Waals surface area contributed by atoms with Gasteiger partial charge >= 0.3 is 112 Å². The quantitative estimate of drug-likeness (QED) is 0.329. The summed E-state index contributed by atoms with van der Waals surface area (Å²) in [5.74, 6) is 0. The molecule has 0 aliphatic heterocycles. The molecule has 2 heteroatoms. The van der Waals surface area contributed by atoms with Gasteiger partial charge in [0, 0.05) is 0 Å². The van der Waals surface area contributed by atoms with E-state index in [4.69, 9.17) is 0 Å². The van der Waals surface area contributed by atoms with E-state index in [1.165, 1.54) is 28.5 Å². The summed E-state index contributed by atoms with van der Waals surface area (Å²) in [5, 5.41) is 1.21. The van der Waals surface area contributed by atoms with E-state index in [2.05, 4.69) is 29.8 Å². The summed E-state index contributed by atoms with van der Waals surface area (Å²) in [6.07, 6.45) is 10.7. The second-order valence-electron chi connectivity index (χ2n) is 5.21. The third-order valence-corrected chi connectivity index (χ3v) is 15.8. The van der Waals surface area contributed by atoms with Gasteiger partial charge in [-0.3, -0.25) is 0 Å². The Bertz CT molecular complexity index is 153. The molecule has 0 N–H and O–H groups in total. The van der Waals surface area contributed by atoms with Crippen molar-refractivity contribution < 1.29 is 0 Å². The standard InChI is InChI=1S/C6H11.C4H8Br.C3H7.Sn/c1-2-4-6-5-3-1;1-2-3-4-5;1-3-2;/h1H,2-6H2;1-4H2;3H,1-2H3;. The van der Waals surface area contributed by atoms with Crippen LogP contribution in [0.3, 0.4) is 0 Å². The van der Waals surface area contributed by atoms with Crippen molar-refractivity contribution in [2.75, 3.05) is 5.33 Å². The third-order valence-electron chi connectivity index (χ3n) is 3.72. The van der Waals surface area contributed by atoms with E-state index in [1.54, 1.807) is 30.1 Å². The van der Waals surface area contributed by atoms with E-state index in [0.29, 0.717) is 0 Å². The number of halogens is 1. The zero-order valence-electron chi connectivity index (χ0n) is 10.4. The topological polar surface area (TPSA) is 0 Å². The van der Waals surface area contributed by atoms with Gasteiger partial charge in [0.2, 0.25) is 0 Å². The Morgan fingerprint density at radius 1 is 1.13 bits per heavy atom. The Labute approximate surface area is 111 Å². The molecule has 0 atom stereocenters. The van der Waals surface area contributed by atoms with E-state index in [-0.39, 0.29) is 0 Å². The Morgan fingerprint density at radius 3 is 2.33 bits per heavy atom. The average molecular weight is 381 g/mol. The SMILES string of the molecule is C[CH](C)[Sn]([CH2]CCCBr)[CH]1CCCCC1. The van der Waals surface area contributed by atoms with Gasteiger partial charge in [-0.25, -0.2) is 0 Å². The van der Waals surface area contributed by atoms with E-state index in [0.717, 1.165) is 3.93 Å². The van der Waals surface area contributed by atoms with E-state index in [1.807, 2.05) is 0 Å². The van der Waals surface area contributed by atoms with E-state index < -0.39 is 19.8 Å². The molecule has 15 heavy (non-hydrogen) atoms. The molecule has 1 fully saturated rings. The van der Waals surface area contributed by atoms with Gasteiger partial charge in [-0.2, -0.15) is 0 Å². The maximum atomic E-state index is 3.55. The summed E-state index contributed by atoms with van der Waals surface area (Å²) < 4.78 is 4.00. The van der Waals surface area contributed by atoms with Crippen LogP contribution < -0.4 is 0 Å². The first-order valence-corrected chi connectivity index (χ1v) is 13.1. The van der Waals surface area contributed by atoms with Crippen LogP contribution in [-0.4, -0.2) is 25.1 Å². The molecule has 1 saturated carbocycles. The van der Waals surface area contributed by atoms with Gasteiger partial charge in [-0.1, -0.05) is 0 Å². The van der Waals surface area contributed by atoms with Gasteiger partial charge in [-0.05, 0) is 0 Å². The Morgan fingerprint density at radius 2 is 1.80 bits per heavy atom. The van der Waals surface area contributed by atoms with Crippen LogP contribution >= 0.6 is 15.9 Å². The van der Waals surface area contributed by atoms with Crippen LogP contribution in [0.25, 0.3) is 0 Å². The number of rotatable bonds is 6. The molecule has 0 bridgehead atoms. The Kier molecular flexibility index (Phi) is 8.01. The van der Waals surface area contributed by atoms with Crippen molar-refractivity contribution in [3.8, 4) is 0 Å². The monoisotopic (exact) mass is 381 g/mol.